The lowest BCUT2D eigenvalue weighted by atomic mass is 9.97. The van der Waals surface area contributed by atoms with Gasteiger partial charge in [0.2, 0.25) is 0 Å². The van der Waals surface area contributed by atoms with Crippen LogP contribution in [0.25, 0.3) is 44.6 Å². The van der Waals surface area contributed by atoms with Crippen LogP contribution in [0.15, 0.2) is 378 Å². The van der Waals surface area contributed by atoms with Gasteiger partial charge < -0.3 is 30.0 Å². The SMILES string of the molecule is CN1C=CC(=C2C3=NC(=C(c4ccccc4N=C(O)CCCCCC(O)=Nc4ccccc4C4=C5C=CC(=N5)C(c5cc[n+](C)cc5)=C5C=CC(=N5)C(=C5C=CN(C)C=C5)c5ccc([nH]5)C(c5cc[n+](C)cc5)=C5C=CC4=N5)C4=NC(=C(c5cc[n+](C)cc5)C5=NC(=C(c6cc[n+](C)cc6)c6ccc2[nH]6)C=C5)C=C4)C=C3)C=C1. The fraction of sp³-hybridized carbons (Fsp3) is 0.116. The van der Waals surface area contributed by atoms with Crippen molar-refractivity contribution < 1.29 is 28.5 Å². The first-order valence-corrected chi connectivity index (χ1v) is 37.9. The number of aliphatic imine (C=N–C) groups is 8. The predicted octanol–water partition coefficient (Wildman–Crippen LogP) is 16.2. The Bertz CT molecular complexity index is 6250. The Hall–Kier alpha value is -14.5. The number of nitrogens with one attached hydrogen (secondary N) is 2. The van der Waals surface area contributed by atoms with Gasteiger partial charge >= 0.3 is 0 Å². The van der Waals surface area contributed by atoms with Crippen molar-refractivity contribution in [2.75, 3.05) is 14.1 Å². The number of hydrogen-bond donors (Lipinski definition) is 4. The molecule has 10 aliphatic rings. The molecule has 6 aromatic heterocycles. The van der Waals surface area contributed by atoms with Gasteiger partial charge in [0.05, 0.1) is 79.8 Å². The summed E-state index contributed by atoms with van der Waals surface area (Å²) in [7, 11) is 12.1. The summed E-state index contributed by atoms with van der Waals surface area (Å²) in [6.07, 6.45) is 60.4. The van der Waals surface area contributed by atoms with E-state index in [1.807, 2.05) is 181 Å². The molecule has 0 saturated carbocycles. The monoisotopic (exact) mass is 1480 g/mol. The molecular weight excluding hydrogens is 1400 g/mol. The van der Waals surface area contributed by atoms with Crippen LogP contribution < -0.4 is 18.3 Å². The summed E-state index contributed by atoms with van der Waals surface area (Å²) in [5, 5.41) is 23.9. The zero-order valence-electron chi connectivity index (χ0n) is 63.4. The van der Waals surface area contributed by atoms with Crippen LogP contribution in [0, 0.1) is 0 Å². The smallest absolute Gasteiger partial charge is 0.185 e. The molecule has 0 atom stereocenters. The van der Waals surface area contributed by atoms with Gasteiger partial charge in [-0.3, -0.25) is 0 Å². The number of aromatic amines is 2. The number of nitrogens with zero attached hydrogens (tertiary/aromatic N) is 14. The molecule has 18 heteroatoms. The van der Waals surface area contributed by atoms with Crippen molar-refractivity contribution in [1.82, 2.24) is 19.8 Å². The highest BCUT2D eigenvalue weighted by Crippen LogP contribution is 2.44. The number of aromatic nitrogens is 6. The maximum absolute atomic E-state index is 12.0. The second kappa shape index (κ2) is 29.8. The molecule has 16 bridgehead atoms. The Kier molecular flexibility index (Phi) is 18.5. The standard InChI is InChI=1S/C95H78N16O2/c1-106-48-36-60(37-49-106)88-70-20-24-74(96-70)90(62-40-52-108(3)53-41-62)78-28-32-82(100-78)94(83-33-29-79(101-83)91(75-25-21-71(88)97-75)63-42-54-109(4)55-43-63)66-14-10-12-16-68(66)104-86(112)18-8-7-9-19-87(113)105-69-17-13-11-15-67(69)95-84-34-30-80(102-84)92(64-44-56-110(5)57-45-64)76-26-22-72(98-76)89(61-38-50-107(2)51-39-61)73-23-27-77(99-73)93(81-31-35-85(95)103-81)65-46-58-111(6)59-47-65/h10-17,20-59H,7-9,18-19H2,1-6H3,(H2-2,96,97,98,99,100,101,102,103,104,105,112,113)/q+2/p+2. The van der Waals surface area contributed by atoms with Crippen molar-refractivity contribution >= 4 is 102 Å². The molecule has 0 aliphatic carbocycles. The fourth-order valence-corrected chi connectivity index (χ4v) is 15.4. The second-order valence-electron chi connectivity index (χ2n) is 29.0. The summed E-state index contributed by atoms with van der Waals surface area (Å²) >= 11 is 0. The molecule has 0 radical (unpaired) electrons. The van der Waals surface area contributed by atoms with Crippen LogP contribution in [0.3, 0.4) is 0 Å². The number of para-hydroxylation sites is 2. The van der Waals surface area contributed by atoms with Crippen LogP contribution in [0.1, 0.15) is 88.3 Å². The molecule has 8 aromatic rings. The van der Waals surface area contributed by atoms with E-state index in [4.69, 9.17) is 39.9 Å². The van der Waals surface area contributed by atoms with Crippen molar-refractivity contribution in [2.24, 2.45) is 68.1 Å². The van der Waals surface area contributed by atoms with E-state index in [1.165, 1.54) is 0 Å². The lowest BCUT2D eigenvalue weighted by molar-refractivity contribution is -0.671. The number of pyridine rings is 4. The second-order valence-corrected chi connectivity index (χ2v) is 29.0. The molecule has 10 aliphatic heterocycles. The number of benzene rings is 2. The van der Waals surface area contributed by atoms with Crippen LogP contribution in [0.4, 0.5) is 11.4 Å². The van der Waals surface area contributed by atoms with Gasteiger partial charge in [-0.25, -0.2) is 58.2 Å². The average Bonchev–Trinajstić information content (AvgIpc) is 1.61. The van der Waals surface area contributed by atoms with Crippen molar-refractivity contribution in [1.29, 1.82) is 0 Å². The molecule has 0 spiro atoms. The third kappa shape index (κ3) is 14.1. The van der Waals surface area contributed by atoms with E-state index in [0.717, 1.165) is 158 Å². The van der Waals surface area contributed by atoms with E-state index in [1.54, 1.807) is 0 Å². The summed E-state index contributed by atoms with van der Waals surface area (Å²) < 4.78 is 8.10. The third-order valence-corrected chi connectivity index (χ3v) is 21.1. The van der Waals surface area contributed by atoms with E-state index in [2.05, 4.69) is 193 Å². The highest BCUT2D eigenvalue weighted by Gasteiger charge is 2.32. The predicted molar refractivity (Wildman–Crippen MR) is 453 cm³/mol. The number of aliphatic hydroxyl groups excluding tert-OH is 2. The summed E-state index contributed by atoms with van der Waals surface area (Å²) in [6.45, 7) is 0. The Morgan fingerprint density at radius 1 is 0.310 bits per heavy atom. The first kappa shape index (κ1) is 70.2. The minimum Gasteiger partial charge on any atom is -0.496 e. The van der Waals surface area contributed by atoms with Gasteiger partial charge in [0.15, 0.2) is 61.4 Å². The Morgan fingerprint density at radius 3 is 0.903 bits per heavy atom. The number of fused-ring (bicyclic) bond motifs is 10. The topological polar surface area (TPSA) is 193 Å². The number of H-pyrrole nitrogens is 2. The van der Waals surface area contributed by atoms with Crippen molar-refractivity contribution in [3.63, 3.8) is 0 Å². The molecule has 4 N–H and O–H groups in total. The number of aryl methyl sites for hydroxylation is 4. The van der Waals surface area contributed by atoms with E-state index in [0.29, 0.717) is 66.3 Å². The van der Waals surface area contributed by atoms with E-state index in [9.17, 15) is 10.2 Å². The van der Waals surface area contributed by atoms with Crippen molar-refractivity contribution in [3.05, 3.63) is 394 Å². The molecule has 18 rings (SSSR count). The van der Waals surface area contributed by atoms with Crippen LogP contribution in [-0.4, -0.2) is 90.1 Å². The van der Waals surface area contributed by atoms with E-state index in [-0.39, 0.29) is 11.8 Å². The molecule has 0 amide bonds. The molecule has 0 saturated heterocycles. The zero-order chi connectivity index (χ0) is 76.8. The molecule has 18 nitrogen and oxygen atoms in total. The number of rotatable bonds is 14. The first-order chi connectivity index (χ1) is 55.2. The summed E-state index contributed by atoms with van der Waals surface area (Å²) in [6, 6.07) is 41.1. The van der Waals surface area contributed by atoms with E-state index >= 15 is 0 Å². The summed E-state index contributed by atoms with van der Waals surface area (Å²) in [5.41, 5.74) is 28.1. The fourth-order valence-electron chi connectivity index (χ4n) is 15.4. The normalized spacial score (nSPS) is 17.6. The first-order valence-electron chi connectivity index (χ1n) is 37.9. The summed E-state index contributed by atoms with van der Waals surface area (Å²) in [5.74, 6) is -0.0355. The van der Waals surface area contributed by atoms with Gasteiger partial charge in [-0.15, -0.1) is 0 Å². The number of hydrogen-bond acceptors (Lipinski definition) is 10. The Balaban J connectivity index is 0.662. The Morgan fingerprint density at radius 2 is 0.575 bits per heavy atom. The van der Waals surface area contributed by atoms with Gasteiger partial charge in [-0.05, 0) is 180 Å². The van der Waals surface area contributed by atoms with Crippen LogP contribution >= 0.6 is 0 Å². The zero-order valence-corrected chi connectivity index (χ0v) is 63.4. The third-order valence-electron chi connectivity index (χ3n) is 21.1. The Labute approximate surface area is 655 Å². The number of aliphatic hydroxyl groups is 2. The molecular formula is C95H80N16O2+4. The van der Waals surface area contributed by atoms with Gasteiger partial charge in [0.1, 0.15) is 28.2 Å². The molecule has 16 heterocycles. The van der Waals surface area contributed by atoms with Gasteiger partial charge in [0.25, 0.3) is 0 Å². The maximum Gasteiger partial charge on any atom is 0.185 e. The van der Waals surface area contributed by atoms with Crippen LogP contribution in [-0.2, 0) is 28.2 Å². The molecule has 0 unspecified atom stereocenters. The minimum atomic E-state index is -0.0178. The number of unbranched alkanes of at least 4 members (excludes halogenated alkanes) is 2. The van der Waals surface area contributed by atoms with Crippen molar-refractivity contribution in [2.45, 2.75) is 32.1 Å². The molecule has 548 valence electrons. The number of allylic oxidation sites excluding steroid dienone is 24. The molecule has 2 aromatic carbocycles. The molecule has 113 heavy (non-hydrogen) atoms. The maximum atomic E-state index is 12.0. The van der Waals surface area contributed by atoms with Crippen LogP contribution in [0.5, 0.6) is 0 Å². The average molecular weight is 1480 g/mol. The quantitative estimate of drug-likeness (QED) is 0.0365. The largest absolute Gasteiger partial charge is 0.496 e. The lowest BCUT2D eigenvalue weighted by Crippen LogP contribution is -2.26. The highest BCUT2D eigenvalue weighted by molar-refractivity contribution is 6.40. The highest BCUT2D eigenvalue weighted by atomic mass is 16.3. The minimum absolute atomic E-state index is 0.0178. The van der Waals surface area contributed by atoms with Crippen LogP contribution in [0.2, 0.25) is 0 Å². The van der Waals surface area contributed by atoms with Crippen molar-refractivity contribution in [3.8, 4) is 0 Å². The lowest BCUT2D eigenvalue weighted by Gasteiger charge is -2.16. The van der Waals surface area contributed by atoms with Gasteiger partial charge in [-0.2, -0.15) is 0 Å². The van der Waals surface area contributed by atoms with Gasteiger partial charge in [0, 0.05) is 179 Å². The van der Waals surface area contributed by atoms with E-state index < -0.39 is 0 Å². The summed E-state index contributed by atoms with van der Waals surface area (Å²) in [4.78, 5) is 54.9. The van der Waals surface area contributed by atoms with Gasteiger partial charge in [-0.1, -0.05) is 42.8 Å². The molecule has 0 fully saturated rings.